The second-order valence-electron chi connectivity index (χ2n) is 7.48. The summed E-state index contributed by atoms with van der Waals surface area (Å²) < 4.78 is 0. The van der Waals surface area contributed by atoms with Crippen LogP contribution in [0.15, 0.2) is 71.6 Å². The van der Waals surface area contributed by atoms with Crippen molar-refractivity contribution in [1.29, 1.82) is 0 Å². The Morgan fingerprint density at radius 3 is 2.28 bits per heavy atom. The summed E-state index contributed by atoms with van der Waals surface area (Å²) in [7, 11) is 0. The lowest BCUT2D eigenvalue weighted by molar-refractivity contribution is -0.113. The minimum atomic E-state index is -0.0410. The lowest BCUT2D eigenvalue weighted by atomic mass is 10.2. The predicted octanol–water partition coefficient (Wildman–Crippen LogP) is 5.31. The van der Waals surface area contributed by atoms with Gasteiger partial charge in [-0.2, -0.15) is 4.80 Å². The Morgan fingerprint density at radius 2 is 1.62 bits per heavy atom. The zero-order chi connectivity index (χ0) is 22.5. The van der Waals surface area contributed by atoms with Gasteiger partial charge in [-0.05, 0) is 74.9 Å². The third kappa shape index (κ3) is 4.94. The van der Waals surface area contributed by atoms with Gasteiger partial charge in [-0.3, -0.25) is 4.79 Å². The summed E-state index contributed by atoms with van der Waals surface area (Å²) in [5, 5.41) is 12.3. The molecule has 164 valence electrons. The second kappa shape index (κ2) is 9.87. The standard InChI is InChI=1S/C25H27N5OS/c1-4-29(5-2)19-11-13-20(14-12-19)30-27-23-15-18(3)22(16-24(23)28-30)26-25(31)17-32-21-9-7-6-8-10-21/h6-16H,4-5,17H2,1-3H3,(H,26,31). The Labute approximate surface area is 192 Å². The molecule has 1 heterocycles. The lowest BCUT2D eigenvalue weighted by Gasteiger charge is -2.20. The predicted molar refractivity (Wildman–Crippen MR) is 133 cm³/mol. The Morgan fingerprint density at radius 1 is 0.969 bits per heavy atom. The van der Waals surface area contributed by atoms with Crippen molar-refractivity contribution < 1.29 is 4.79 Å². The van der Waals surface area contributed by atoms with Crippen LogP contribution in [0.1, 0.15) is 19.4 Å². The van der Waals surface area contributed by atoms with E-state index in [2.05, 4.69) is 46.4 Å². The molecular weight excluding hydrogens is 418 g/mol. The molecule has 0 bridgehead atoms. The fourth-order valence-corrected chi connectivity index (χ4v) is 4.27. The van der Waals surface area contributed by atoms with Crippen molar-refractivity contribution >= 4 is 40.1 Å². The molecule has 0 fully saturated rings. The average Bonchev–Trinajstić information content (AvgIpc) is 3.22. The van der Waals surface area contributed by atoms with Crippen molar-refractivity contribution in [3.63, 3.8) is 0 Å². The van der Waals surface area contributed by atoms with E-state index in [1.807, 2.05) is 61.5 Å². The molecule has 0 saturated heterocycles. The van der Waals surface area contributed by atoms with Crippen LogP contribution in [0.3, 0.4) is 0 Å². The molecule has 1 amide bonds. The van der Waals surface area contributed by atoms with Gasteiger partial charge in [0.1, 0.15) is 11.0 Å². The molecule has 3 aromatic carbocycles. The first-order valence-electron chi connectivity index (χ1n) is 10.8. The van der Waals surface area contributed by atoms with Gasteiger partial charge < -0.3 is 10.2 Å². The average molecular weight is 446 g/mol. The molecule has 0 unspecified atom stereocenters. The van der Waals surface area contributed by atoms with Crippen molar-refractivity contribution in [2.45, 2.75) is 25.7 Å². The van der Waals surface area contributed by atoms with Crippen molar-refractivity contribution in [2.75, 3.05) is 29.1 Å². The maximum atomic E-state index is 12.5. The van der Waals surface area contributed by atoms with Crippen LogP contribution >= 0.6 is 11.8 Å². The summed E-state index contributed by atoms with van der Waals surface area (Å²) in [6.07, 6.45) is 0. The van der Waals surface area contributed by atoms with Gasteiger partial charge in [-0.15, -0.1) is 22.0 Å². The van der Waals surface area contributed by atoms with Gasteiger partial charge >= 0.3 is 0 Å². The number of fused-ring (bicyclic) bond motifs is 1. The molecule has 1 N–H and O–H groups in total. The van der Waals surface area contributed by atoms with Crippen LogP contribution in [-0.4, -0.2) is 39.7 Å². The number of hydrogen-bond acceptors (Lipinski definition) is 5. The number of nitrogens with one attached hydrogen (secondary N) is 1. The Kier molecular flexibility index (Phi) is 6.75. The van der Waals surface area contributed by atoms with Gasteiger partial charge in [0.05, 0.1) is 11.4 Å². The van der Waals surface area contributed by atoms with Crippen LogP contribution in [0.5, 0.6) is 0 Å². The molecule has 4 aromatic rings. The summed E-state index contributed by atoms with van der Waals surface area (Å²) in [4.78, 5) is 17.5. The van der Waals surface area contributed by atoms with Gasteiger partial charge in [0.15, 0.2) is 0 Å². The largest absolute Gasteiger partial charge is 0.372 e. The molecule has 0 radical (unpaired) electrons. The van der Waals surface area contributed by atoms with E-state index in [0.29, 0.717) is 5.75 Å². The summed E-state index contributed by atoms with van der Waals surface area (Å²) >= 11 is 1.52. The van der Waals surface area contributed by atoms with E-state index in [4.69, 9.17) is 0 Å². The van der Waals surface area contributed by atoms with Crippen molar-refractivity contribution in [3.05, 3.63) is 72.3 Å². The number of hydrogen-bond donors (Lipinski definition) is 1. The van der Waals surface area contributed by atoms with E-state index in [-0.39, 0.29) is 5.91 Å². The van der Waals surface area contributed by atoms with Gasteiger partial charge in [-0.1, -0.05) is 18.2 Å². The highest BCUT2D eigenvalue weighted by Gasteiger charge is 2.11. The van der Waals surface area contributed by atoms with E-state index in [1.54, 1.807) is 4.80 Å². The topological polar surface area (TPSA) is 63.1 Å². The summed E-state index contributed by atoms with van der Waals surface area (Å²) in [5.74, 6) is 0.313. The molecule has 0 aliphatic rings. The fraction of sp³-hybridized carbons (Fsp3) is 0.240. The molecule has 0 saturated carbocycles. The van der Waals surface area contributed by atoms with Crippen molar-refractivity contribution in [3.8, 4) is 5.69 Å². The lowest BCUT2D eigenvalue weighted by Crippen LogP contribution is -2.21. The maximum absolute atomic E-state index is 12.5. The molecule has 32 heavy (non-hydrogen) atoms. The molecule has 6 nitrogen and oxygen atoms in total. The number of benzene rings is 3. The fourth-order valence-electron chi connectivity index (χ4n) is 3.56. The van der Waals surface area contributed by atoms with Crippen molar-refractivity contribution in [1.82, 2.24) is 15.0 Å². The maximum Gasteiger partial charge on any atom is 0.234 e. The molecule has 7 heteroatoms. The molecule has 0 atom stereocenters. The number of aromatic nitrogens is 3. The van der Waals surface area contributed by atoms with E-state index in [1.165, 1.54) is 17.4 Å². The zero-order valence-corrected chi connectivity index (χ0v) is 19.4. The van der Waals surface area contributed by atoms with Gasteiger partial charge in [0.2, 0.25) is 5.91 Å². The number of nitrogens with zero attached hydrogens (tertiary/aromatic N) is 4. The normalized spacial score (nSPS) is 11.0. The van der Waals surface area contributed by atoms with Crippen LogP contribution in [-0.2, 0) is 4.79 Å². The number of rotatable bonds is 8. The number of carbonyl (C=O) groups excluding carboxylic acids is 1. The van der Waals surface area contributed by atoms with Crippen LogP contribution in [0.4, 0.5) is 11.4 Å². The smallest absolute Gasteiger partial charge is 0.234 e. The Bertz CT molecular complexity index is 1200. The Balaban J connectivity index is 1.49. The first-order chi connectivity index (χ1) is 15.6. The van der Waals surface area contributed by atoms with Crippen molar-refractivity contribution in [2.24, 2.45) is 0 Å². The number of carbonyl (C=O) groups is 1. The zero-order valence-electron chi connectivity index (χ0n) is 18.6. The minimum absolute atomic E-state index is 0.0410. The number of aryl methyl sites for hydroxylation is 1. The van der Waals surface area contributed by atoms with E-state index >= 15 is 0 Å². The highest BCUT2D eigenvalue weighted by atomic mass is 32.2. The number of thioether (sulfide) groups is 1. The molecule has 1 aromatic heterocycles. The van der Waals surface area contributed by atoms with E-state index in [0.717, 1.165) is 46.0 Å². The highest BCUT2D eigenvalue weighted by molar-refractivity contribution is 8.00. The summed E-state index contributed by atoms with van der Waals surface area (Å²) in [5.41, 5.74) is 5.35. The molecule has 0 aliphatic carbocycles. The van der Waals surface area contributed by atoms with E-state index < -0.39 is 0 Å². The monoisotopic (exact) mass is 445 g/mol. The first-order valence-corrected chi connectivity index (χ1v) is 11.8. The Hall–Kier alpha value is -3.32. The highest BCUT2D eigenvalue weighted by Crippen LogP contribution is 2.24. The van der Waals surface area contributed by atoms with Gasteiger partial charge in [-0.25, -0.2) is 0 Å². The molecule has 0 spiro atoms. The van der Waals surface area contributed by atoms with Gasteiger partial charge in [0.25, 0.3) is 0 Å². The van der Waals surface area contributed by atoms with Crippen LogP contribution in [0.2, 0.25) is 0 Å². The first kappa shape index (κ1) is 21.9. The third-order valence-electron chi connectivity index (χ3n) is 5.32. The van der Waals surface area contributed by atoms with Crippen LogP contribution in [0, 0.1) is 6.92 Å². The summed E-state index contributed by atoms with van der Waals surface area (Å²) in [6.45, 7) is 8.21. The van der Waals surface area contributed by atoms with Gasteiger partial charge in [0, 0.05) is 29.4 Å². The number of amides is 1. The van der Waals surface area contributed by atoms with Crippen LogP contribution in [0.25, 0.3) is 16.7 Å². The SMILES string of the molecule is CCN(CC)c1ccc(-n2nc3cc(C)c(NC(=O)CSc4ccccc4)cc3n2)cc1. The molecule has 4 rings (SSSR count). The molecular formula is C25H27N5OS. The number of anilines is 2. The summed E-state index contributed by atoms with van der Waals surface area (Å²) in [6, 6.07) is 22.0. The second-order valence-corrected chi connectivity index (χ2v) is 8.53. The van der Waals surface area contributed by atoms with Crippen LogP contribution < -0.4 is 10.2 Å². The molecule has 0 aliphatic heterocycles. The third-order valence-corrected chi connectivity index (χ3v) is 6.33. The quantitative estimate of drug-likeness (QED) is 0.373. The minimum Gasteiger partial charge on any atom is -0.372 e. The van der Waals surface area contributed by atoms with E-state index in [9.17, 15) is 4.79 Å².